The predicted molar refractivity (Wildman–Crippen MR) is 133 cm³/mol. The Hall–Kier alpha value is -3.73. The molecule has 0 radical (unpaired) electrons. The van der Waals surface area contributed by atoms with Crippen LogP contribution in [0.15, 0.2) is 36.5 Å². The van der Waals surface area contributed by atoms with Crippen LogP contribution < -0.4 is 0 Å². The van der Waals surface area contributed by atoms with Crippen molar-refractivity contribution in [2.45, 2.75) is 64.2 Å². The highest BCUT2D eigenvalue weighted by molar-refractivity contribution is 5.99. The molecule has 0 bridgehead atoms. The number of carboxylic acid groups (broad SMARTS) is 1. The molecule has 0 spiro atoms. The summed E-state index contributed by atoms with van der Waals surface area (Å²) in [5.74, 6) is -2.60. The van der Waals surface area contributed by atoms with Gasteiger partial charge in [0.15, 0.2) is 11.6 Å². The molecule has 2 aromatic heterocycles. The number of carbonyl (C=O) groups is 1. The van der Waals surface area contributed by atoms with Crippen LogP contribution in [-0.2, 0) is 10.2 Å². The fourth-order valence-electron chi connectivity index (χ4n) is 5.76. The largest absolute Gasteiger partial charge is 0.481 e. The number of aliphatic carboxylic acids is 1. The molecule has 1 aliphatic carbocycles. The van der Waals surface area contributed by atoms with E-state index in [4.69, 9.17) is 0 Å². The first-order valence-electron chi connectivity index (χ1n) is 12.1. The molecule has 2 aromatic carbocycles. The second-order valence-corrected chi connectivity index (χ2v) is 10.9. The number of fused-ring (bicyclic) bond motifs is 2. The smallest absolute Gasteiger partial charge is 0.309 e. The van der Waals surface area contributed by atoms with E-state index in [1.165, 1.54) is 6.07 Å². The quantitative estimate of drug-likeness (QED) is 0.324. The minimum atomic E-state index is -0.945. The zero-order valence-electron chi connectivity index (χ0n) is 20.5. The van der Waals surface area contributed by atoms with Gasteiger partial charge >= 0.3 is 5.97 Å². The summed E-state index contributed by atoms with van der Waals surface area (Å²) in [6, 6.07) is 10.2. The zero-order chi connectivity index (χ0) is 25.8. The highest BCUT2D eigenvalue weighted by atomic mass is 19.2. The summed E-state index contributed by atoms with van der Waals surface area (Å²) < 4.78 is 30.3. The van der Waals surface area contributed by atoms with Gasteiger partial charge in [0.1, 0.15) is 0 Å². The summed E-state index contributed by atoms with van der Waals surface area (Å²) in [4.78, 5) is 11.9. The summed E-state index contributed by atoms with van der Waals surface area (Å²) in [5, 5.41) is 28.4. The normalized spacial score (nSPS) is 20.6. The van der Waals surface area contributed by atoms with Crippen LogP contribution in [0.4, 0.5) is 8.78 Å². The number of rotatable bonds is 5. The number of nitrogens with one attached hydrogen (secondary N) is 1. The van der Waals surface area contributed by atoms with Crippen molar-refractivity contribution in [1.82, 2.24) is 14.8 Å². The Balaban J connectivity index is 1.83. The number of hydrogen-bond acceptors (Lipinski definition) is 3. The number of H-pyrrole nitrogens is 1. The molecule has 0 amide bonds. The van der Waals surface area contributed by atoms with E-state index in [1.54, 1.807) is 19.2 Å². The Bertz CT molecular complexity index is 1530. The van der Waals surface area contributed by atoms with E-state index in [0.29, 0.717) is 31.4 Å². The first-order valence-corrected chi connectivity index (χ1v) is 12.1. The number of aromatic amines is 1. The molecule has 0 unspecified atom stereocenters. The Labute approximate surface area is 207 Å². The number of aromatic nitrogens is 3. The number of halogens is 2. The fourth-order valence-corrected chi connectivity index (χ4v) is 5.76. The topological polar surface area (TPSA) is 94.7 Å². The summed E-state index contributed by atoms with van der Waals surface area (Å²) in [6.07, 6.45) is 4.37. The number of nitrogens with zero attached hydrogens (tertiary/aromatic N) is 3. The molecule has 2 N–H and O–H groups in total. The van der Waals surface area contributed by atoms with Crippen molar-refractivity contribution < 1.29 is 18.7 Å². The third kappa shape index (κ3) is 3.74. The van der Waals surface area contributed by atoms with Crippen LogP contribution in [0.1, 0.15) is 70.1 Å². The lowest BCUT2D eigenvalue weighted by molar-refractivity contribution is -0.149. The van der Waals surface area contributed by atoms with Gasteiger partial charge in [0.2, 0.25) is 0 Å². The molecule has 5 rings (SSSR count). The van der Waals surface area contributed by atoms with Crippen molar-refractivity contribution >= 4 is 27.8 Å². The molecule has 1 fully saturated rings. The predicted octanol–water partition coefficient (Wildman–Crippen LogP) is 6.72. The van der Waals surface area contributed by atoms with E-state index in [9.17, 15) is 23.9 Å². The SMILES string of the molecule is CC1(C(=O)O)CCC(c2c(C(C)(C)CC#N)n(-c3ccc(F)c(F)c3)c3cc4cn[nH]c4cc23)CC1. The highest BCUT2D eigenvalue weighted by Gasteiger charge is 2.41. The van der Waals surface area contributed by atoms with Crippen molar-refractivity contribution in [1.29, 1.82) is 5.26 Å². The lowest BCUT2D eigenvalue weighted by Crippen LogP contribution is -2.32. The first-order chi connectivity index (χ1) is 17.1. The maximum absolute atomic E-state index is 14.5. The van der Waals surface area contributed by atoms with Gasteiger partial charge in [-0.05, 0) is 68.4 Å². The van der Waals surface area contributed by atoms with Crippen LogP contribution in [0.2, 0.25) is 0 Å². The van der Waals surface area contributed by atoms with Crippen molar-refractivity contribution in [2.24, 2.45) is 5.41 Å². The van der Waals surface area contributed by atoms with Crippen LogP contribution in [0.5, 0.6) is 0 Å². The molecule has 8 heteroatoms. The van der Waals surface area contributed by atoms with Crippen LogP contribution >= 0.6 is 0 Å². The van der Waals surface area contributed by atoms with Gasteiger partial charge in [-0.25, -0.2) is 8.78 Å². The summed E-state index contributed by atoms with van der Waals surface area (Å²) in [6.45, 7) is 5.77. The minimum Gasteiger partial charge on any atom is -0.481 e. The third-order valence-electron chi connectivity index (χ3n) is 7.90. The van der Waals surface area contributed by atoms with Crippen molar-refractivity contribution in [3.05, 3.63) is 59.4 Å². The fraction of sp³-hybridized carbons (Fsp3) is 0.393. The summed E-state index contributed by atoms with van der Waals surface area (Å²) >= 11 is 0. The Kier molecular flexibility index (Phi) is 5.62. The lowest BCUT2D eigenvalue weighted by atomic mass is 9.68. The van der Waals surface area contributed by atoms with Crippen LogP contribution in [-0.4, -0.2) is 25.8 Å². The summed E-state index contributed by atoms with van der Waals surface area (Å²) in [5.41, 5.74) is 2.66. The molecular weight excluding hydrogens is 462 g/mol. The van der Waals surface area contributed by atoms with E-state index in [-0.39, 0.29) is 12.3 Å². The van der Waals surface area contributed by atoms with Gasteiger partial charge in [-0.15, -0.1) is 0 Å². The zero-order valence-corrected chi connectivity index (χ0v) is 20.5. The molecule has 36 heavy (non-hydrogen) atoms. The van der Waals surface area contributed by atoms with Gasteiger partial charge in [0, 0.05) is 40.1 Å². The number of hydrogen-bond donors (Lipinski definition) is 2. The van der Waals surface area contributed by atoms with E-state index in [2.05, 4.69) is 16.3 Å². The van der Waals surface area contributed by atoms with Crippen LogP contribution in [0.25, 0.3) is 27.5 Å². The highest BCUT2D eigenvalue weighted by Crippen LogP contribution is 2.50. The molecule has 6 nitrogen and oxygen atoms in total. The molecule has 186 valence electrons. The van der Waals surface area contributed by atoms with Gasteiger partial charge in [-0.2, -0.15) is 10.4 Å². The Morgan fingerprint density at radius 1 is 1.25 bits per heavy atom. The standard InChI is InChI=1S/C28H28F2N4O2/c1-27(2,10-11-31)25-24(16-6-8-28(3,9-7-16)26(35)36)19-14-22-17(15-32-33-22)12-23(19)34(25)18-4-5-20(29)21(30)13-18/h4-5,12-16H,6-10H2,1-3H3,(H,32,33)(H,35,36). The van der Waals surface area contributed by atoms with Crippen molar-refractivity contribution in [3.63, 3.8) is 0 Å². The number of benzene rings is 2. The minimum absolute atomic E-state index is 0.0554. The van der Waals surface area contributed by atoms with Crippen molar-refractivity contribution in [2.75, 3.05) is 0 Å². The molecule has 2 heterocycles. The average Bonchev–Trinajstić information content (AvgIpc) is 3.42. The summed E-state index contributed by atoms with van der Waals surface area (Å²) in [7, 11) is 0. The van der Waals surface area contributed by atoms with E-state index >= 15 is 0 Å². The molecule has 0 atom stereocenters. The van der Waals surface area contributed by atoms with Gasteiger partial charge in [0.25, 0.3) is 0 Å². The van der Waals surface area contributed by atoms with E-state index in [1.807, 2.05) is 30.5 Å². The van der Waals surface area contributed by atoms with Gasteiger partial charge < -0.3 is 9.67 Å². The number of carboxylic acids is 1. The average molecular weight is 491 g/mol. The Morgan fingerprint density at radius 3 is 2.61 bits per heavy atom. The second kappa shape index (κ2) is 8.44. The maximum atomic E-state index is 14.5. The maximum Gasteiger partial charge on any atom is 0.309 e. The molecular formula is C28H28F2N4O2. The van der Waals surface area contributed by atoms with Crippen LogP contribution in [0, 0.1) is 28.4 Å². The molecule has 0 saturated heterocycles. The van der Waals surface area contributed by atoms with Crippen LogP contribution in [0.3, 0.4) is 0 Å². The van der Waals surface area contributed by atoms with E-state index in [0.717, 1.165) is 39.1 Å². The Morgan fingerprint density at radius 2 is 1.97 bits per heavy atom. The second-order valence-electron chi connectivity index (χ2n) is 10.9. The van der Waals surface area contributed by atoms with Crippen molar-refractivity contribution in [3.8, 4) is 11.8 Å². The monoisotopic (exact) mass is 490 g/mol. The molecule has 4 aromatic rings. The lowest BCUT2D eigenvalue weighted by Gasteiger charge is -2.36. The third-order valence-corrected chi connectivity index (χ3v) is 7.90. The molecule has 1 aliphatic rings. The van der Waals surface area contributed by atoms with E-state index < -0.39 is 28.4 Å². The molecule has 0 aliphatic heterocycles. The van der Waals surface area contributed by atoms with Gasteiger partial charge in [-0.1, -0.05) is 13.8 Å². The van der Waals surface area contributed by atoms with Gasteiger partial charge in [-0.3, -0.25) is 9.89 Å². The van der Waals surface area contributed by atoms with Gasteiger partial charge in [0.05, 0.1) is 28.7 Å². The number of nitriles is 1. The molecule has 1 saturated carbocycles. The first kappa shape index (κ1) is 24.0.